The second kappa shape index (κ2) is 6.36. The molecule has 0 spiro atoms. The highest BCUT2D eigenvalue weighted by atomic mass is 35.5. The van der Waals surface area contributed by atoms with E-state index in [0.717, 1.165) is 19.3 Å². The Morgan fingerprint density at radius 1 is 1.50 bits per heavy atom. The van der Waals surface area contributed by atoms with Crippen molar-refractivity contribution in [3.05, 3.63) is 0 Å². The van der Waals surface area contributed by atoms with Gasteiger partial charge in [-0.05, 0) is 25.7 Å². The molecule has 7 heteroatoms. The van der Waals surface area contributed by atoms with Crippen LogP contribution in [0.3, 0.4) is 0 Å². The summed E-state index contributed by atoms with van der Waals surface area (Å²) >= 11 is 0. The highest BCUT2D eigenvalue weighted by Crippen LogP contribution is 2.20. The molecule has 5 N–H and O–H groups in total. The number of carbonyl (C=O) groups is 2. The molecule has 2 amide bonds. The normalized spacial score (nSPS) is 25.9. The number of aliphatic hydroxyl groups is 1. The van der Waals surface area contributed by atoms with Crippen LogP contribution >= 0.6 is 12.4 Å². The van der Waals surface area contributed by atoms with Crippen molar-refractivity contribution in [2.45, 2.75) is 43.9 Å². The molecule has 104 valence electrons. The van der Waals surface area contributed by atoms with Crippen molar-refractivity contribution >= 4 is 24.2 Å². The fourth-order valence-electron chi connectivity index (χ4n) is 2.04. The van der Waals surface area contributed by atoms with Gasteiger partial charge in [-0.25, -0.2) is 0 Å². The third-order valence-electron chi connectivity index (χ3n) is 3.32. The van der Waals surface area contributed by atoms with Crippen molar-refractivity contribution in [2.75, 3.05) is 6.54 Å². The van der Waals surface area contributed by atoms with Crippen molar-refractivity contribution in [1.29, 1.82) is 0 Å². The molecule has 0 bridgehead atoms. The van der Waals surface area contributed by atoms with E-state index in [0.29, 0.717) is 13.0 Å². The number of rotatable bonds is 5. The third-order valence-corrected chi connectivity index (χ3v) is 3.32. The van der Waals surface area contributed by atoms with E-state index >= 15 is 0 Å². The van der Waals surface area contributed by atoms with E-state index in [-0.39, 0.29) is 30.3 Å². The van der Waals surface area contributed by atoms with Crippen molar-refractivity contribution < 1.29 is 14.7 Å². The summed E-state index contributed by atoms with van der Waals surface area (Å²) < 4.78 is 0. The van der Waals surface area contributed by atoms with Gasteiger partial charge in [0.2, 0.25) is 5.91 Å². The fraction of sp³-hybridized carbons (Fsp3) is 0.818. The maximum Gasteiger partial charge on any atom is 0.250 e. The lowest BCUT2D eigenvalue weighted by Gasteiger charge is -2.20. The van der Waals surface area contributed by atoms with Gasteiger partial charge in [0.1, 0.15) is 6.10 Å². The summed E-state index contributed by atoms with van der Waals surface area (Å²) in [6.45, 7) is 0.653. The average molecular weight is 278 g/mol. The van der Waals surface area contributed by atoms with Crippen molar-refractivity contribution in [3.8, 4) is 0 Å². The minimum atomic E-state index is -1.22. The molecule has 18 heavy (non-hydrogen) atoms. The second-order valence-electron chi connectivity index (χ2n) is 4.90. The van der Waals surface area contributed by atoms with E-state index < -0.39 is 18.1 Å². The number of hydrogen-bond donors (Lipinski definition) is 4. The number of aliphatic hydroxyl groups excluding tert-OH is 1. The molecule has 2 aliphatic rings. The lowest BCUT2D eigenvalue weighted by Crippen LogP contribution is -2.48. The number of nitrogens with two attached hydrogens (primary N) is 1. The Hall–Kier alpha value is -0.850. The molecule has 2 rings (SSSR count). The van der Waals surface area contributed by atoms with Crippen molar-refractivity contribution in [3.63, 3.8) is 0 Å². The Morgan fingerprint density at radius 2 is 2.17 bits per heavy atom. The summed E-state index contributed by atoms with van der Waals surface area (Å²) in [5.41, 5.74) is 5.77. The fourth-order valence-corrected chi connectivity index (χ4v) is 2.04. The van der Waals surface area contributed by atoms with Crippen LogP contribution < -0.4 is 16.4 Å². The molecule has 3 atom stereocenters. The maximum atomic E-state index is 11.5. The molecule has 0 aromatic carbocycles. The minimum Gasteiger partial charge on any atom is -0.382 e. The standard InChI is InChI=1S/C11H19N3O3.ClH/c12-8(5-6-3-4-13-10(6)16)9(15)11(17)14-7-1-2-7;/h6-9,15H,1-5,12H2,(H,13,16)(H,14,17);1H/t6-,8-,9?;/m0./s1. The van der Waals surface area contributed by atoms with E-state index in [9.17, 15) is 14.7 Å². The Bertz CT molecular complexity index is 323. The van der Waals surface area contributed by atoms with Gasteiger partial charge in [0.25, 0.3) is 5.91 Å². The first-order valence-corrected chi connectivity index (χ1v) is 6.09. The van der Waals surface area contributed by atoms with E-state index in [4.69, 9.17) is 5.73 Å². The highest BCUT2D eigenvalue weighted by Gasteiger charge is 2.33. The Morgan fingerprint density at radius 3 is 2.67 bits per heavy atom. The largest absolute Gasteiger partial charge is 0.382 e. The van der Waals surface area contributed by atoms with Crippen molar-refractivity contribution in [2.24, 2.45) is 11.7 Å². The van der Waals surface area contributed by atoms with Crippen LogP contribution in [0, 0.1) is 5.92 Å². The summed E-state index contributed by atoms with van der Waals surface area (Å²) in [4.78, 5) is 22.9. The molecule has 0 aromatic heterocycles. The van der Waals surface area contributed by atoms with Crippen LogP contribution in [-0.4, -0.2) is 41.7 Å². The molecule has 2 fully saturated rings. The zero-order valence-electron chi connectivity index (χ0n) is 10.1. The van der Waals surface area contributed by atoms with Crippen LogP contribution in [0.5, 0.6) is 0 Å². The zero-order valence-corrected chi connectivity index (χ0v) is 10.9. The molecule has 0 radical (unpaired) electrons. The SMILES string of the molecule is Cl.N[C@@H](C[C@@H]1CCNC1=O)C(O)C(=O)NC1CC1. The first-order valence-electron chi connectivity index (χ1n) is 6.09. The van der Waals surface area contributed by atoms with Gasteiger partial charge in [-0.15, -0.1) is 12.4 Å². The summed E-state index contributed by atoms with van der Waals surface area (Å²) in [6, 6.07) is -0.471. The van der Waals surface area contributed by atoms with Crippen LogP contribution in [0.25, 0.3) is 0 Å². The summed E-state index contributed by atoms with van der Waals surface area (Å²) in [7, 11) is 0. The smallest absolute Gasteiger partial charge is 0.250 e. The number of nitrogens with one attached hydrogen (secondary N) is 2. The molecule has 1 aliphatic carbocycles. The minimum absolute atomic E-state index is 0. The topological polar surface area (TPSA) is 104 Å². The molecule has 6 nitrogen and oxygen atoms in total. The maximum absolute atomic E-state index is 11.5. The molecular weight excluding hydrogens is 258 g/mol. The first kappa shape index (κ1) is 15.2. The average Bonchev–Trinajstić information content (AvgIpc) is 3.02. The molecule has 1 saturated carbocycles. The number of amides is 2. The van der Waals surface area contributed by atoms with Gasteiger partial charge in [-0.1, -0.05) is 0 Å². The Kier molecular flexibility index (Phi) is 5.37. The lowest BCUT2D eigenvalue weighted by molar-refractivity contribution is -0.131. The van der Waals surface area contributed by atoms with Crippen molar-refractivity contribution in [1.82, 2.24) is 10.6 Å². The van der Waals surface area contributed by atoms with E-state index in [2.05, 4.69) is 10.6 Å². The van der Waals surface area contributed by atoms with Gasteiger partial charge in [-0.2, -0.15) is 0 Å². The summed E-state index contributed by atoms with van der Waals surface area (Å²) in [6.07, 6.45) is 1.80. The second-order valence-corrected chi connectivity index (χ2v) is 4.90. The first-order chi connectivity index (χ1) is 8.08. The number of halogens is 1. The Labute approximate surface area is 112 Å². The van der Waals surface area contributed by atoms with E-state index in [1.54, 1.807) is 0 Å². The predicted molar refractivity (Wildman–Crippen MR) is 68.1 cm³/mol. The van der Waals surface area contributed by atoms with Crippen LogP contribution in [-0.2, 0) is 9.59 Å². The van der Waals surface area contributed by atoms with Gasteiger partial charge in [0.15, 0.2) is 0 Å². The third kappa shape index (κ3) is 3.83. The van der Waals surface area contributed by atoms with Crippen LogP contribution in [0.2, 0.25) is 0 Å². The van der Waals surface area contributed by atoms with Crippen LogP contribution in [0.4, 0.5) is 0 Å². The summed E-state index contributed by atoms with van der Waals surface area (Å²) in [5, 5.41) is 15.2. The summed E-state index contributed by atoms with van der Waals surface area (Å²) in [5.74, 6) is -0.623. The van der Waals surface area contributed by atoms with Gasteiger partial charge in [0.05, 0.1) is 0 Å². The van der Waals surface area contributed by atoms with Gasteiger partial charge < -0.3 is 21.5 Å². The molecule has 1 aliphatic heterocycles. The predicted octanol–water partition coefficient (Wildman–Crippen LogP) is -1.10. The number of carbonyl (C=O) groups excluding carboxylic acids is 2. The quantitative estimate of drug-likeness (QED) is 0.512. The highest BCUT2D eigenvalue weighted by molar-refractivity contribution is 5.85. The van der Waals surface area contributed by atoms with Crippen LogP contribution in [0.1, 0.15) is 25.7 Å². The van der Waals surface area contributed by atoms with Gasteiger partial charge in [0, 0.05) is 24.5 Å². The monoisotopic (exact) mass is 277 g/mol. The van der Waals surface area contributed by atoms with Gasteiger partial charge >= 0.3 is 0 Å². The van der Waals surface area contributed by atoms with Crippen LogP contribution in [0.15, 0.2) is 0 Å². The van der Waals surface area contributed by atoms with E-state index in [1.807, 2.05) is 0 Å². The molecule has 1 saturated heterocycles. The Balaban J connectivity index is 0.00000162. The molecule has 1 heterocycles. The molecule has 1 unspecified atom stereocenters. The molecule has 0 aromatic rings. The zero-order chi connectivity index (χ0) is 12.4. The number of hydrogen-bond acceptors (Lipinski definition) is 4. The van der Waals surface area contributed by atoms with E-state index in [1.165, 1.54) is 0 Å². The lowest BCUT2D eigenvalue weighted by atomic mass is 9.95. The van der Waals surface area contributed by atoms with Gasteiger partial charge in [-0.3, -0.25) is 9.59 Å². The molecular formula is C11H20ClN3O3.